The second-order valence-corrected chi connectivity index (χ2v) is 11.6. The number of nitrogens with zero attached hydrogens (tertiary/aromatic N) is 2. The van der Waals surface area contributed by atoms with Crippen molar-refractivity contribution in [3.05, 3.63) is 53.1 Å². The molecule has 0 fully saturated rings. The van der Waals surface area contributed by atoms with E-state index >= 15 is 0 Å². The van der Waals surface area contributed by atoms with E-state index in [2.05, 4.69) is 5.32 Å². The smallest absolute Gasteiger partial charge is 0.244 e. The van der Waals surface area contributed by atoms with Gasteiger partial charge in [-0.3, -0.25) is 13.9 Å². The highest BCUT2D eigenvalue weighted by atomic mass is 35.5. The fourth-order valence-electron chi connectivity index (χ4n) is 3.45. The second-order valence-electron chi connectivity index (χ2n) is 9.34. The summed E-state index contributed by atoms with van der Waals surface area (Å²) in [4.78, 5) is 28.0. The van der Waals surface area contributed by atoms with E-state index in [-0.39, 0.29) is 23.9 Å². The van der Waals surface area contributed by atoms with Crippen molar-refractivity contribution in [2.75, 3.05) is 31.3 Å². The van der Waals surface area contributed by atoms with Gasteiger partial charge in [-0.15, -0.1) is 0 Å². The van der Waals surface area contributed by atoms with E-state index in [0.29, 0.717) is 16.3 Å². The van der Waals surface area contributed by atoms with Crippen molar-refractivity contribution in [3.8, 4) is 11.5 Å². The summed E-state index contributed by atoms with van der Waals surface area (Å²) in [7, 11) is -1.09. The van der Waals surface area contributed by atoms with Gasteiger partial charge in [-0.1, -0.05) is 29.8 Å². The third kappa shape index (κ3) is 7.76. The number of ether oxygens (including phenoxy) is 2. The molecule has 0 radical (unpaired) electrons. The number of amides is 2. The molecule has 1 N–H and O–H groups in total. The fourth-order valence-corrected chi connectivity index (χ4v) is 4.49. The minimum Gasteiger partial charge on any atom is -0.497 e. The molecule has 0 saturated carbocycles. The standard InChI is InChI=1S/C25H34ClN3O6S/c1-17(24(31)27-25(2,3)4)28(15-18-10-8-9-11-20(18)26)23(30)16-29(36(7,32)33)21-14-19(34-5)12-13-22(21)35-6/h8-14,17H,15-16H2,1-7H3,(H,27,31)/t17-/m0/s1. The van der Waals surface area contributed by atoms with Crippen LogP contribution in [0.1, 0.15) is 33.3 Å². The van der Waals surface area contributed by atoms with Crippen molar-refractivity contribution in [1.29, 1.82) is 0 Å². The van der Waals surface area contributed by atoms with Crippen LogP contribution in [0, 0.1) is 0 Å². The Labute approximate surface area is 218 Å². The first-order valence-electron chi connectivity index (χ1n) is 11.2. The van der Waals surface area contributed by atoms with Crippen molar-refractivity contribution in [2.45, 2.75) is 45.8 Å². The Balaban J connectivity index is 2.51. The lowest BCUT2D eigenvalue weighted by Crippen LogP contribution is -2.54. The average molecular weight is 540 g/mol. The van der Waals surface area contributed by atoms with E-state index in [1.165, 1.54) is 25.2 Å². The van der Waals surface area contributed by atoms with E-state index < -0.39 is 34.1 Å². The molecule has 0 aliphatic heterocycles. The van der Waals surface area contributed by atoms with Crippen LogP contribution in [-0.4, -0.2) is 63.7 Å². The lowest BCUT2D eigenvalue weighted by molar-refractivity contribution is -0.140. The lowest BCUT2D eigenvalue weighted by atomic mass is 10.1. The van der Waals surface area contributed by atoms with Crippen LogP contribution < -0.4 is 19.1 Å². The number of carbonyl (C=O) groups excluding carboxylic acids is 2. The highest BCUT2D eigenvalue weighted by Gasteiger charge is 2.32. The molecule has 36 heavy (non-hydrogen) atoms. The Morgan fingerprint density at radius 1 is 1.08 bits per heavy atom. The van der Waals surface area contributed by atoms with Gasteiger partial charge in [0.15, 0.2) is 0 Å². The summed E-state index contributed by atoms with van der Waals surface area (Å²) in [6, 6.07) is 10.7. The molecule has 2 rings (SSSR count). The molecule has 1 atom stereocenters. The second kappa shape index (κ2) is 11.8. The van der Waals surface area contributed by atoms with E-state index in [4.69, 9.17) is 21.1 Å². The summed E-state index contributed by atoms with van der Waals surface area (Å²) in [6.45, 7) is 6.52. The number of methoxy groups -OCH3 is 2. The molecule has 9 nitrogen and oxygen atoms in total. The molecule has 0 aromatic heterocycles. The Morgan fingerprint density at radius 3 is 2.25 bits per heavy atom. The number of benzene rings is 2. The van der Waals surface area contributed by atoms with Gasteiger partial charge in [-0.2, -0.15) is 0 Å². The first kappa shape index (κ1) is 29.3. The number of carbonyl (C=O) groups is 2. The van der Waals surface area contributed by atoms with Crippen LogP contribution in [0.5, 0.6) is 11.5 Å². The topological polar surface area (TPSA) is 105 Å². The fraction of sp³-hybridized carbons (Fsp3) is 0.440. The molecule has 0 saturated heterocycles. The predicted molar refractivity (Wildman–Crippen MR) is 141 cm³/mol. The van der Waals surface area contributed by atoms with Crippen LogP contribution in [0.15, 0.2) is 42.5 Å². The quantitative estimate of drug-likeness (QED) is 0.496. The number of sulfonamides is 1. The number of halogens is 1. The summed E-state index contributed by atoms with van der Waals surface area (Å²) < 4.78 is 37.2. The van der Waals surface area contributed by atoms with Crippen molar-refractivity contribution in [2.24, 2.45) is 0 Å². The third-order valence-corrected chi connectivity index (χ3v) is 6.79. The zero-order valence-corrected chi connectivity index (χ0v) is 23.2. The molecule has 2 aromatic carbocycles. The molecule has 0 aliphatic carbocycles. The molecule has 0 unspecified atom stereocenters. The van der Waals surface area contributed by atoms with Crippen LogP contribution in [0.3, 0.4) is 0 Å². The molecular weight excluding hydrogens is 506 g/mol. The molecule has 0 spiro atoms. The maximum absolute atomic E-state index is 13.7. The van der Waals surface area contributed by atoms with Gasteiger partial charge in [0, 0.05) is 23.2 Å². The van der Waals surface area contributed by atoms with E-state index in [1.54, 1.807) is 43.3 Å². The Hall–Kier alpha value is -2.98. The summed E-state index contributed by atoms with van der Waals surface area (Å²) in [5, 5.41) is 3.29. The molecule has 2 aromatic rings. The Kier molecular flexibility index (Phi) is 9.62. The molecule has 11 heteroatoms. The predicted octanol–water partition coefficient (Wildman–Crippen LogP) is 3.46. The normalized spacial score (nSPS) is 12.4. The number of rotatable bonds is 10. The SMILES string of the molecule is COc1ccc(OC)c(N(CC(=O)N(Cc2ccccc2Cl)[C@@H](C)C(=O)NC(C)(C)C)S(C)(=O)=O)c1. The van der Waals surface area contributed by atoms with Crippen LogP contribution in [0.2, 0.25) is 5.02 Å². The zero-order valence-electron chi connectivity index (χ0n) is 21.7. The summed E-state index contributed by atoms with van der Waals surface area (Å²) in [5.41, 5.74) is 0.224. The van der Waals surface area contributed by atoms with E-state index in [0.717, 1.165) is 10.6 Å². The third-order valence-electron chi connectivity index (χ3n) is 5.30. The van der Waals surface area contributed by atoms with Crippen LogP contribution in [0.25, 0.3) is 0 Å². The van der Waals surface area contributed by atoms with Gasteiger partial charge in [-0.05, 0) is 51.5 Å². The molecule has 0 heterocycles. The Morgan fingerprint density at radius 2 is 1.72 bits per heavy atom. The summed E-state index contributed by atoms with van der Waals surface area (Å²) >= 11 is 6.34. The monoisotopic (exact) mass is 539 g/mol. The van der Waals surface area contributed by atoms with E-state index in [1.807, 2.05) is 20.8 Å². The van der Waals surface area contributed by atoms with Crippen LogP contribution in [0.4, 0.5) is 5.69 Å². The number of hydrogen-bond acceptors (Lipinski definition) is 6. The molecule has 2 amide bonds. The van der Waals surface area contributed by atoms with Crippen LogP contribution in [-0.2, 0) is 26.2 Å². The largest absolute Gasteiger partial charge is 0.497 e. The van der Waals surface area contributed by atoms with Gasteiger partial charge in [0.2, 0.25) is 21.8 Å². The van der Waals surface area contributed by atoms with Gasteiger partial charge >= 0.3 is 0 Å². The Bertz CT molecular complexity index is 1200. The zero-order chi connectivity index (χ0) is 27.3. The van der Waals surface area contributed by atoms with Gasteiger partial charge in [-0.25, -0.2) is 8.42 Å². The van der Waals surface area contributed by atoms with Gasteiger partial charge < -0.3 is 19.7 Å². The van der Waals surface area contributed by atoms with Crippen LogP contribution >= 0.6 is 11.6 Å². The maximum Gasteiger partial charge on any atom is 0.244 e. The number of hydrogen-bond donors (Lipinski definition) is 1. The average Bonchev–Trinajstić information content (AvgIpc) is 2.79. The van der Waals surface area contributed by atoms with Gasteiger partial charge in [0.25, 0.3) is 0 Å². The molecule has 198 valence electrons. The maximum atomic E-state index is 13.7. The van der Waals surface area contributed by atoms with Crippen molar-refractivity contribution < 1.29 is 27.5 Å². The minimum absolute atomic E-state index is 0.00405. The first-order chi connectivity index (χ1) is 16.7. The number of nitrogens with one attached hydrogen (secondary N) is 1. The highest BCUT2D eigenvalue weighted by molar-refractivity contribution is 7.92. The van der Waals surface area contributed by atoms with E-state index in [9.17, 15) is 18.0 Å². The van der Waals surface area contributed by atoms with Crippen molar-refractivity contribution in [1.82, 2.24) is 10.2 Å². The van der Waals surface area contributed by atoms with Crippen molar-refractivity contribution >= 4 is 39.1 Å². The van der Waals surface area contributed by atoms with Gasteiger partial charge in [0.05, 0.1) is 26.2 Å². The first-order valence-corrected chi connectivity index (χ1v) is 13.4. The molecule has 0 bridgehead atoms. The lowest BCUT2D eigenvalue weighted by Gasteiger charge is -2.33. The van der Waals surface area contributed by atoms with Crippen molar-refractivity contribution in [3.63, 3.8) is 0 Å². The molecule has 0 aliphatic rings. The minimum atomic E-state index is -3.94. The van der Waals surface area contributed by atoms with Gasteiger partial charge in [0.1, 0.15) is 24.1 Å². The molecular formula is C25H34ClN3O6S. The summed E-state index contributed by atoms with van der Waals surface area (Å²) in [6.07, 6.45) is 0.993. The highest BCUT2D eigenvalue weighted by Crippen LogP contribution is 2.34. The number of anilines is 1. The summed E-state index contributed by atoms with van der Waals surface area (Å²) in [5.74, 6) is -0.350.